The van der Waals surface area contributed by atoms with Gasteiger partial charge >= 0.3 is 19.8 Å². The number of allylic oxidation sites excluding steroid dienone is 18. The lowest BCUT2D eigenvalue weighted by atomic mass is 10.0. The highest BCUT2D eigenvalue weighted by Crippen LogP contribution is 2.43. The van der Waals surface area contributed by atoms with Crippen LogP contribution in [0.4, 0.5) is 0 Å². The minimum Gasteiger partial charge on any atom is -0.462 e. The monoisotopic (exact) mass is 1190 g/mol. The van der Waals surface area contributed by atoms with Crippen molar-refractivity contribution in [3.05, 3.63) is 109 Å². The largest absolute Gasteiger partial charge is 0.472 e. The Balaban J connectivity index is 4.09. The van der Waals surface area contributed by atoms with Gasteiger partial charge in [0.25, 0.3) is 0 Å². The molecule has 2 atom stereocenters. The van der Waals surface area contributed by atoms with Gasteiger partial charge < -0.3 is 18.9 Å². The van der Waals surface area contributed by atoms with E-state index in [0.717, 1.165) is 96.3 Å². The molecule has 10 heteroatoms. The number of carbonyl (C=O) groups excluding carboxylic acids is 2. The lowest BCUT2D eigenvalue weighted by Gasteiger charge is -2.24. The molecule has 0 aliphatic heterocycles. The number of ether oxygens (including phenoxy) is 2. The van der Waals surface area contributed by atoms with E-state index in [0.29, 0.717) is 17.4 Å². The second kappa shape index (κ2) is 64.2. The van der Waals surface area contributed by atoms with Crippen LogP contribution in [-0.2, 0) is 32.7 Å². The minimum absolute atomic E-state index is 0.0275. The van der Waals surface area contributed by atoms with E-state index in [1.807, 2.05) is 21.1 Å². The molecule has 2 unspecified atom stereocenters. The average molecular weight is 1190 g/mol. The molecule has 0 fully saturated rings. The fourth-order valence-electron chi connectivity index (χ4n) is 9.50. The van der Waals surface area contributed by atoms with Crippen LogP contribution in [0, 0.1) is 0 Å². The van der Waals surface area contributed by atoms with Crippen molar-refractivity contribution in [2.24, 2.45) is 0 Å². The fourth-order valence-corrected chi connectivity index (χ4v) is 10.2. The molecular weight excluding hydrogens is 1060 g/mol. The number of hydrogen-bond acceptors (Lipinski definition) is 7. The number of carbonyl (C=O) groups is 2. The smallest absolute Gasteiger partial charge is 0.462 e. The third-order valence-corrected chi connectivity index (χ3v) is 15.8. The molecule has 0 bridgehead atoms. The normalized spacial score (nSPS) is 13.8. The molecule has 0 rings (SSSR count). The van der Waals surface area contributed by atoms with Crippen molar-refractivity contribution in [1.29, 1.82) is 0 Å². The summed E-state index contributed by atoms with van der Waals surface area (Å²) in [6.07, 6.45) is 90.4. The van der Waals surface area contributed by atoms with Gasteiger partial charge in [-0.3, -0.25) is 18.6 Å². The Bertz CT molecular complexity index is 1790. The molecule has 0 amide bonds. The van der Waals surface area contributed by atoms with Crippen LogP contribution in [0.1, 0.15) is 296 Å². The molecule has 0 spiro atoms. The Labute approximate surface area is 518 Å². The first-order valence-electron chi connectivity index (χ1n) is 34.6. The van der Waals surface area contributed by atoms with Gasteiger partial charge in [0.05, 0.1) is 27.7 Å². The molecule has 0 aromatic heterocycles. The maximum absolute atomic E-state index is 12.9. The number of nitrogens with zero attached hydrogens (tertiary/aromatic N) is 1. The first-order chi connectivity index (χ1) is 41.0. The van der Waals surface area contributed by atoms with Gasteiger partial charge in [0, 0.05) is 12.8 Å². The number of hydrogen-bond donors (Lipinski definition) is 1. The van der Waals surface area contributed by atoms with Gasteiger partial charge in [-0.2, -0.15) is 0 Å². The van der Waals surface area contributed by atoms with Crippen molar-refractivity contribution in [2.45, 2.75) is 302 Å². The molecule has 0 saturated carbocycles. The summed E-state index contributed by atoms with van der Waals surface area (Å²) in [5.74, 6) is -0.797. The van der Waals surface area contributed by atoms with E-state index < -0.39 is 26.5 Å². The standard InChI is InChI=1S/C74H130NO8P/c1-6-8-10-12-14-16-18-20-22-24-26-28-30-32-34-35-36-37-38-39-41-43-45-47-49-51-53-55-57-59-61-63-65-67-74(77)83-72(71-82-84(78,79)81-69-68-75(3,4)5)70-80-73(76)66-64-62-60-58-56-54-52-50-48-46-44-42-40-33-31-29-27-25-23-21-19-17-15-13-11-9-7-2/h8,10,14,16,19-22,25-28,32,34,36-37,39,41,72H,6-7,9,11-13,15,17-18,23-24,29-31,33,35,38,40,42-71H2,1-5H3/p+1/b10-8-,16-14-,21-19-,22-20-,27-25-,28-26-,34-32-,37-36-,41-39-. The number of esters is 2. The van der Waals surface area contributed by atoms with Crippen molar-refractivity contribution in [2.75, 3.05) is 47.5 Å². The Morgan fingerprint density at radius 3 is 1.01 bits per heavy atom. The summed E-state index contributed by atoms with van der Waals surface area (Å²) >= 11 is 0. The van der Waals surface area contributed by atoms with Crippen LogP contribution in [0.5, 0.6) is 0 Å². The summed E-state index contributed by atoms with van der Waals surface area (Å²) in [5, 5.41) is 0. The molecule has 0 aromatic rings. The second-order valence-electron chi connectivity index (χ2n) is 24.2. The van der Waals surface area contributed by atoms with Crippen molar-refractivity contribution >= 4 is 19.8 Å². The van der Waals surface area contributed by atoms with E-state index in [4.69, 9.17) is 18.5 Å². The molecule has 0 heterocycles. The van der Waals surface area contributed by atoms with Crippen LogP contribution >= 0.6 is 7.82 Å². The quantitative estimate of drug-likeness (QED) is 0.0211. The van der Waals surface area contributed by atoms with Gasteiger partial charge in [-0.15, -0.1) is 0 Å². The molecule has 0 aliphatic rings. The van der Waals surface area contributed by atoms with Crippen molar-refractivity contribution in [1.82, 2.24) is 0 Å². The summed E-state index contributed by atoms with van der Waals surface area (Å²) in [4.78, 5) is 35.9. The van der Waals surface area contributed by atoms with Crippen molar-refractivity contribution in [3.8, 4) is 0 Å². The Morgan fingerprint density at radius 1 is 0.381 bits per heavy atom. The van der Waals surface area contributed by atoms with E-state index in [2.05, 4.69) is 123 Å². The minimum atomic E-state index is -4.40. The molecule has 0 aliphatic carbocycles. The SMILES string of the molecule is CC/C=C\C/C=C\C/C=C\C/C=C\C/C=C\C/C=C\C/C=C\CCCCCCCCCCCCCC(=O)OC(COC(=O)CCCCCCCCCCCCCCCCC/C=C\C/C=C\CCCCCCC)COP(=O)(O)OCC[N+](C)(C)C. The Morgan fingerprint density at radius 2 is 0.679 bits per heavy atom. The van der Waals surface area contributed by atoms with Crippen LogP contribution < -0.4 is 0 Å². The lowest BCUT2D eigenvalue weighted by molar-refractivity contribution is -0.870. The zero-order valence-electron chi connectivity index (χ0n) is 55.1. The molecule has 1 N–H and O–H groups in total. The molecule has 0 radical (unpaired) electrons. The number of quaternary nitrogens is 1. The molecule has 484 valence electrons. The van der Waals surface area contributed by atoms with Crippen LogP contribution in [0.3, 0.4) is 0 Å². The Hall–Kier alpha value is -3.33. The number of unbranched alkanes of at least 4 members (excludes halogenated alkanes) is 31. The van der Waals surface area contributed by atoms with E-state index in [-0.39, 0.29) is 32.0 Å². The first-order valence-corrected chi connectivity index (χ1v) is 36.1. The summed E-state index contributed by atoms with van der Waals surface area (Å²) < 4.78 is 34.7. The highest BCUT2D eigenvalue weighted by molar-refractivity contribution is 7.47. The van der Waals surface area contributed by atoms with E-state index >= 15 is 0 Å². The Kier molecular flexibility index (Phi) is 61.6. The zero-order valence-corrected chi connectivity index (χ0v) is 56.0. The summed E-state index contributed by atoms with van der Waals surface area (Å²) in [5.41, 5.74) is 0. The van der Waals surface area contributed by atoms with Crippen molar-refractivity contribution in [3.63, 3.8) is 0 Å². The third-order valence-electron chi connectivity index (χ3n) is 14.8. The topological polar surface area (TPSA) is 108 Å². The highest BCUT2D eigenvalue weighted by Gasteiger charge is 2.27. The summed E-state index contributed by atoms with van der Waals surface area (Å²) in [6.45, 7) is 4.33. The maximum atomic E-state index is 12.9. The lowest BCUT2D eigenvalue weighted by Crippen LogP contribution is -2.37. The van der Waals surface area contributed by atoms with Gasteiger partial charge in [0.1, 0.15) is 19.8 Å². The second-order valence-corrected chi connectivity index (χ2v) is 25.6. The molecule has 0 saturated heterocycles. The summed E-state index contributed by atoms with van der Waals surface area (Å²) in [7, 11) is 1.47. The maximum Gasteiger partial charge on any atom is 0.472 e. The van der Waals surface area contributed by atoms with Gasteiger partial charge in [0.15, 0.2) is 6.10 Å². The molecule has 0 aromatic carbocycles. The number of rotatable bonds is 63. The van der Waals surface area contributed by atoms with Crippen molar-refractivity contribution < 1.29 is 42.1 Å². The van der Waals surface area contributed by atoms with Gasteiger partial charge in [0.2, 0.25) is 0 Å². The number of phosphoric acid groups is 1. The van der Waals surface area contributed by atoms with Gasteiger partial charge in [-0.25, -0.2) is 4.57 Å². The van der Waals surface area contributed by atoms with Crippen LogP contribution in [0.25, 0.3) is 0 Å². The van der Waals surface area contributed by atoms with E-state index in [1.54, 1.807) is 0 Å². The van der Waals surface area contributed by atoms with Crippen LogP contribution in [-0.4, -0.2) is 74.9 Å². The highest BCUT2D eigenvalue weighted by atomic mass is 31.2. The van der Waals surface area contributed by atoms with E-state index in [1.165, 1.54) is 167 Å². The molecular formula is C74H131NO8P+. The predicted octanol–water partition coefficient (Wildman–Crippen LogP) is 22.5. The van der Waals surface area contributed by atoms with E-state index in [9.17, 15) is 19.0 Å². The van der Waals surface area contributed by atoms with Gasteiger partial charge in [-0.05, 0) is 103 Å². The number of likely N-dealkylation sites (N-methyl/N-ethyl adjacent to an activating group) is 1. The van der Waals surface area contributed by atoms with Gasteiger partial charge in [-0.1, -0.05) is 290 Å². The fraction of sp³-hybridized carbons (Fsp3) is 0.730. The molecule has 84 heavy (non-hydrogen) atoms. The first kappa shape index (κ1) is 80.7. The van der Waals surface area contributed by atoms with Crippen LogP contribution in [0.2, 0.25) is 0 Å². The zero-order chi connectivity index (χ0) is 61.2. The van der Waals surface area contributed by atoms with Crippen LogP contribution in [0.15, 0.2) is 109 Å². The number of phosphoric ester groups is 1. The summed E-state index contributed by atoms with van der Waals surface area (Å²) in [6, 6.07) is 0. The third kappa shape index (κ3) is 67.8. The predicted molar refractivity (Wildman–Crippen MR) is 362 cm³/mol. The molecule has 9 nitrogen and oxygen atoms in total. The average Bonchev–Trinajstić information content (AvgIpc) is 3.61.